The molecule has 0 unspecified atom stereocenters. The normalized spacial score (nSPS) is 11.9. The SMILES string of the molecule is Cc1cccc(-c2cc(-c3cc(-c4ccccc4)nc(-c4ccccc4)n3)cc(-c3cccc(C(F)(F)F)c3)c2-n2c3ccccc3c3cc4c5ccccc5n(-c5ccccc5)c4cc32)c1. The molecular formula is C60H39F3N4. The maximum Gasteiger partial charge on any atom is 0.416 e. The van der Waals surface area contributed by atoms with Gasteiger partial charge >= 0.3 is 6.18 Å². The van der Waals surface area contributed by atoms with E-state index in [0.717, 1.165) is 100 Å². The highest BCUT2D eigenvalue weighted by molar-refractivity contribution is 6.19. The van der Waals surface area contributed by atoms with Gasteiger partial charge < -0.3 is 9.13 Å². The summed E-state index contributed by atoms with van der Waals surface area (Å²) in [5.74, 6) is 0.541. The molecule has 0 saturated heterocycles. The van der Waals surface area contributed by atoms with Gasteiger partial charge in [0.25, 0.3) is 0 Å². The van der Waals surface area contributed by atoms with Gasteiger partial charge in [-0.15, -0.1) is 0 Å². The predicted octanol–water partition coefficient (Wildman–Crippen LogP) is 16.3. The lowest BCUT2D eigenvalue weighted by molar-refractivity contribution is -0.137. The summed E-state index contributed by atoms with van der Waals surface area (Å²) in [5, 5.41) is 4.30. The predicted molar refractivity (Wildman–Crippen MR) is 268 cm³/mol. The Morgan fingerprint density at radius 3 is 1.51 bits per heavy atom. The zero-order valence-corrected chi connectivity index (χ0v) is 36.2. The molecule has 4 nitrogen and oxygen atoms in total. The van der Waals surface area contributed by atoms with Gasteiger partial charge in [0.05, 0.1) is 44.7 Å². The summed E-state index contributed by atoms with van der Waals surface area (Å²) in [4.78, 5) is 10.3. The molecule has 0 fully saturated rings. The second-order valence-corrected chi connectivity index (χ2v) is 17.0. The summed E-state index contributed by atoms with van der Waals surface area (Å²) in [6.07, 6.45) is -4.57. The standard InChI is InChI=1S/C60H39F3N4/c1-38-17-15-22-41(31-38)48-33-43(53-36-52(39-18-5-2-6-19-39)64-59(65-53)40-20-7-3-8-21-40)34-49(42-23-16-24-44(32-42)60(61,62)63)58(48)67-55-30-14-12-28-47(55)51-35-50-46-27-11-13-29-54(46)66(56(50)37-57(51)67)45-25-9-4-10-26-45/h2-37H,1H3. The van der Waals surface area contributed by atoms with E-state index in [1.165, 1.54) is 12.1 Å². The van der Waals surface area contributed by atoms with E-state index in [4.69, 9.17) is 9.97 Å². The van der Waals surface area contributed by atoms with E-state index < -0.39 is 11.7 Å². The summed E-state index contributed by atoms with van der Waals surface area (Å²) in [5.41, 5.74) is 12.7. The lowest BCUT2D eigenvalue weighted by Crippen LogP contribution is -2.06. The van der Waals surface area contributed by atoms with Crippen molar-refractivity contribution in [3.8, 4) is 67.5 Å². The Balaban J connectivity index is 1.24. The summed E-state index contributed by atoms with van der Waals surface area (Å²) in [6.45, 7) is 2.06. The van der Waals surface area contributed by atoms with Crippen molar-refractivity contribution in [2.24, 2.45) is 0 Å². The number of halogens is 3. The Hall–Kier alpha value is -8.55. The molecule has 0 amide bonds. The van der Waals surface area contributed by atoms with E-state index in [-0.39, 0.29) is 0 Å². The molecule has 12 rings (SSSR count). The van der Waals surface area contributed by atoms with Crippen LogP contribution in [0.4, 0.5) is 13.2 Å². The van der Waals surface area contributed by atoms with Crippen LogP contribution in [0.15, 0.2) is 218 Å². The first-order valence-corrected chi connectivity index (χ1v) is 22.2. The fraction of sp³-hybridized carbons (Fsp3) is 0.0333. The van der Waals surface area contributed by atoms with Gasteiger partial charge in [0, 0.05) is 55.0 Å². The van der Waals surface area contributed by atoms with Crippen LogP contribution in [0.1, 0.15) is 11.1 Å². The van der Waals surface area contributed by atoms with Crippen LogP contribution < -0.4 is 0 Å². The summed E-state index contributed by atoms with van der Waals surface area (Å²) in [7, 11) is 0. The van der Waals surface area contributed by atoms with Crippen molar-refractivity contribution >= 4 is 43.6 Å². The van der Waals surface area contributed by atoms with Gasteiger partial charge in [-0.25, -0.2) is 9.97 Å². The van der Waals surface area contributed by atoms with Crippen molar-refractivity contribution in [1.82, 2.24) is 19.1 Å². The van der Waals surface area contributed by atoms with E-state index in [1.807, 2.05) is 109 Å². The Bertz CT molecular complexity index is 3790. The van der Waals surface area contributed by atoms with Crippen molar-refractivity contribution in [3.05, 3.63) is 230 Å². The van der Waals surface area contributed by atoms with Gasteiger partial charge in [0.2, 0.25) is 0 Å². The number of nitrogens with zero attached hydrogens (tertiary/aromatic N) is 4. The third-order valence-corrected chi connectivity index (χ3v) is 12.8. The molecule has 0 spiro atoms. The van der Waals surface area contributed by atoms with Crippen LogP contribution in [0, 0.1) is 6.92 Å². The van der Waals surface area contributed by atoms with Gasteiger partial charge in [-0.3, -0.25) is 0 Å². The first-order valence-electron chi connectivity index (χ1n) is 22.2. The van der Waals surface area contributed by atoms with Gasteiger partial charge in [0.1, 0.15) is 0 Å². The molecule has 0 N–H and O–H groups in total. The zero-order valence-electron chi connectivity index (χ0n) is 36.2. The van der Waals surface area contributed by atoms with E-state index in [1.54, 1.807) is 6.07 Å². The Kier molecular flexibility index (Phi) is 9.47. The first kappa shape index (κ1) is 40.0. The number of para-hydroxylation sites is 3. The first-order chi connectivity index (χ1) is 32.8. The number of rotatable bonds is 7. The molecule has 0 radical (unpaired) electrons. The lowest BCUT2D eigenvalue weighted by Gasteiger charge is -2.22. The summed E-state index contributed by atoms with van der Waals surface area (Å²) < 4.78 is 49.0. The van der Waals surface area contributed by atoms with Crippen LogP contribution in [0.3, 0.4) is 0 Å². The quantitative estimate of drug-likeness (QED) is 0.160. The lowest BCUT2D eigenvalue weighted by atomic mass is 9.90. The molecule has 7 heteroatoms. The van der Waals surface area contributed by atoms with E-state index in [0.29, 0.717) is 22.6 Å². The van der Waals surface area contributed by atoms with Crippen molar-refractivity contribution in [1.29, 1.82) is 0 Å². The highest BCUT2D eigenvalue weighted by Gasteiger charge is 2.31. The fourth-order valence-electron chi connectivity index (χ4n) is 9.73. The van der Waals surface area contributed by atoms with Crippen LogP contribution >= 0.6 is 0 Å². The van der Waals surface area contributed by atoms with Crippen LogP contribution in [0.25, 0.3) is 111 Å². The average Bonchev–Trinajstić information content (AvgIpc) is 3.87. The molecule has 0 bridgehead atoms. The van der Waals surface area contributed by atoms with Crippen molar-refractivity contribution in [2.75, 3.05) is 0 Å². The topological polar surface area (TPSA) is 35.6 Å². The fourth-order valence-corrected chi connectivity index (χ4v) is 9.73. The monoisotopic (exact) mass is 872 g/mol. The second kappa shape index (κ2) is 15.9. The van der Waals surface area contributed by atoms with E-state index >= 15 is 0 Å². The van der Waals surface area contributed by atoms with Crippen LogP contribution in [-0.4, -0.2) is 19.1 Å². The molecule has 12 aromatic rings. The third kappa shape index (κ3) is 6.95. The number of benzene rings is 9. The minimum Gasteiger partial charge on any atom is -0.309 e. The molecule has 9 aromatic carbocycles. The number of aryl methyl sites for hydroxylation is 1. The molecule has 3 aromatic heterocycles. The molecule has 0 aliphatic carbocycles. The van der Waals surface area contributed by atoms with Gasteiger partial charge in [0.15, 0.2) is 5.82 Å². The minimum atomic E-state index is -4.57. The molecule has 0 aliphatic rings. The van der Waals surface area contributed by atoms with Gasteiger partial charge in [-0.2, -0.15) is 13.2 Å². The molecule has 0 aliphatic heterocycles. The maximum atomic E-state index is 14.8. The minimum absolute atomic E-state index is 0.423. The third-order valence-electron chi connectivity index (χ3n) is 12.8. The maximum absolute atomic E-state index is 14.8. The molecule has 320 valence electrons. The average molecular weight is 873 g/mol. The number of alkyl halides is 3. The molecule has 3 heterocycles. The van der Waals surface area contributed by atoms with Crippen molar-refractivity contribution in [2.45, 2.75) is 13.1 Å². The molecule has 67 heavy (non-hydrogen) atoms. The number of fused-ring (bicyclic) bond motifs is 6. The molecular weight excluding hydrogens is 834 g/mol. The van der Waals surface area contributed by atoms with Gasteiger partial charge in [-0.05, 0) is 84.8 Å². The Labute approximate surface area is 384 Å². The highest BCUT2D eigenvalue weighted by atomic mass is 19.4. The zero-order chi connectivity index (χ0) is 45.2. The Morgan fingerprint density at radius 2 is 0.881 bits per heavy atom. The van der Waals surface area contributed by atoms with Crippen LogP contribution in [-0.2, 0) is 6.18 Å². The second-order valence-electron chi connectivity index (χ2n) is 17.0. The summed E-state index contributed by atoms with van der Waals surface area (Å²) >= 11 is 0. The summed E-state index contributed by atoms with van der Waals surface area (Å²) in [6, 6.07) is 71.6. The molecule has 0 saturated carbocycles. The van der Waals surface area contributed by atoms with Crippen LogP contribution in [0.5, 0.6) is 0 Å². The van der Waals surface area contributed by atoms with Crippen molar-refractivity contribution in [3.63, 3.8) is 0 Å². The smallest absolute Gasteiger partial charge is 0.309 e. The van der Waals surface area contributed by atoms with Gasteiger partial charge in [-0.1, -0.05) is 157 Å². The van der Waals surface area contributed by atoms with Crippen molar-refractivity contribution < 1.29 is 13.2 Å². The number of aromatic nitrogens is 4. The molecule has 0 atom stereocenters. The number of hydrogen-bond donors (Lipinski definition) is 0. The van der Waals surface area contributed by atoms with Crippen LogP contribution in [0.2, 0.25) is 0 Å². The Morgan fingerprint density at radius 1 is 0.373 bits per heavy atom. The van der Waals surface area contributed by atoms with E-state index in [9.17, 15) is 13.2 Å². The highest BCUT2D eigenvalue weighted by Crippen LogP contribution is 2.47. The number of hydrogen-bond acceptors (Lipinski definition) is 2. The van der Waals surface area contributed by atoms with E-state index in [2.05, 4.69) is 101 Å². The largest absolute Gasteiger partial charge is 0.416 e.